The molecule has 2 N–H and O–H groups in total. The molecule has 0 atom stereocenters. The number of amides is 2. The normalized spacial score (nSPS) is 10.9. The molecule has 0 radical (unpaired) electrons. The molecule has 5 nitrogen and oxygen atoms in total. The van der Waals surface area contributed by atoms with Gasteiger partial charge in [-0.25, -0.2) is 0 Å². The fourth-order valence-corrected chi connectivity index (χ4v) is 3.95. The van der Waals surface area contributed by atoms with Crippen molar-refractivity contribution in [1.82, 2.24) is 5.32 Å². The predicted octanol–water partition coefficient (Wildman–Crippen LogP) is 4.59. The molecule has 0 unspecified atom stereocenters. The zero-order valence-electron chi connectivity index (χ0n) is 16.5. The molecule has 0 saturated heterocycles. The molecule has 146 valence electrons. The third kappa shape index (κ3) is 4.22. The van der Waals surface area contributed by atoms with Crippen LogP contribution >= 0.6 is 11.8 Å². The lowest BCUT2D eigenvalue weighted by atomic mass is 10.1. The van der Waals surface area contributed by atoms with E-state index in [1.165, 1.54) is 0 Å². The van der Waals surface area contributed by atoms with E-state index in [9.17, 15) is 9.59 Å². The molecule has 28 heavy (non-hydrogen) atoms. The number of fused-ring (bicyclic) bond motifs is 1. The monoisotopic (exact) mass is 396 g/mol. The summed E-state index contributed by atoms with van der Waals surface area (Å²) in [5.41, 5.74) is 5.45. The maximum atomic E-state index is 12.7. The summed E-state index contributed by atoms with van der Waals surface area (Å²) in [5.74, 6) is 0.276. The van der Waals surface area contributed by atoms with Crippen LogP contribution in [0, 0.1) is 20.8 Å². The van der Waals surface area contributed by atoms with Crippen molar-refractivity contribution in [1.29, 1.82) is 0 Å². The Balaban J connectivity index is 1.71. The number of carbonyl (C=O) groups excluding carboxylic acids is 2. The zero-order chi connectivity index (χ0) is 20.3. The first kappa shape index (κ1) is 20.0. The minimum absolute atomic E-state index is 0.124. The van der Waals surface area contributed by atoms with Gasteiger partial charge in [0.05, 0.1) is 6.54 Å². The minimum atomic E-state index is -0.382. The van der Waals surface area contributed by atoms with Crippen LogP contribution in [0.15, 0.2) is 40.8 Å². The van der Waals surface area contributed by atoms with Crippen LogP contribution in [0.3, 0.4) is 0 Å². The van der Waals surface area contributed by atoms with Gasteiger partial charge in [-0.2, -0.15) is 11.8 Å². The van der Waals surface area contributed by atoms with E-state index < -0.39 is 0 Å². The third-order valence-corrected chi connectivity index (χ3v) is 5.12. The van der Waals surface area contributed by atoms with Crippen molar-refractivity contribution in [3.63, 3.8) is 0 Å². The van der Waals surface area contributed by atoms with E-state index in [0.717, 1.165) is 33.3 Å². The Morgan fingerprint density at radius 2 is 1.75 bits per heavy atom. The van der Waals surface area contributed by atoms with Gasteiger partial charge in [0.15, 0.2) is 5.76 Å². The van der Waals surface area contributed by atoms with Crippen LogP contribution in [-0.2, 0) is 10.5 Å². The quantitative estimate of drug-likeness (QED) is 0.639. The van der Waals surface area contributed by atoms with Crippen LogP contribution < -0.4 is 10.6 Å². The van der Waals surface area contributed by atoms with E-state index in [-0.39, 0.29) is 24.1 Å². The molecule has 1 aromatic heterocycles. The largest absolute Gasteiger partial charge is 0.451 e. The fraction of sp³-hybridized carbons (Fsp3) is 0.273. The topological polar surface area (TPSA) is 71.3 Å². The lowest BCUT2D eigenvalue weighted by Crippen LogP contribution is -2.33. The standard InChI is InChI=1S/C22H24N2O3S/c1-13-9-14(2)20(15(3)10-13)24-19(25)11-23-22(26)21-17(12-28-4)16-7-5-6-8-18(16)27-21/h5-10H,11-12H2,1-4H3,(H,23,26)(H,24,25). The second-order valence-electron chi connectivity index (χ2n) is 6.84. The molecule has 0 aliphatic rings. The Kier molecular flexibility index (Phi) is 6.09. The van der Waals surface area contributed by atoms with E-state index in [4.69, 9.17) is 4.42 Å². The lowest BCUT2D eigenvalue weighted by molar-refractivity contribution is -0.115. The van der Waals surface area contributed by atoms with Gasteiger partial charge in [-0.15, -0.1) is 0 Å². The Bertz CT molecular complexity index is 1020. The number of anilines is 1. The predicted molar refractivity (Wildman–Crippen MR) is 115 cm³/mol. The highest BCUT2D eigenvalue weighted by atomic mass is 32.2. The fourth-order valence-electron chi connectivity index (χ4n) is 3.37. The van der Waals surface area contributed by atoms with Crippen LogP contribution in [0.5, 0.6) is 0 Å². The number of carbonyl (C=O) groups is 2. The molecular weight excluding hydrogens is 372 g/mol. The van der Waals surface area contributed by atoms with Crippen molar-refractivity contribution >= 4 is 40.2 Å². The van der Waals surface area contributed by atoms with Crippen molar-refractivity contribution in [2.75, 3.05) is 18.1 Å². The molecule has 0 fully saturated rings. The Hall–Kier alpha value is -2.73. The number of hydrogen-bond donors (Lipinski definition) is 2. The van der Waals surface area contributed by atoms with E-state index in [1.807, 2.05) is 63.4 Å². The smallest absolute Gasteiger partial charge is 0.287 e. The highest BCUT2D eigenvalue weighted by Crippen LogP contribution is 2.28. The maximum absolute atomic E-state index is 12.7. The molecule has 0 bridgehead atoms. The number of aryl methyl sites for hydroxylation is 3. The highest BCUT2D eigenvalue weighted by Gasteiger charge is 2.20. The maximum Gasteiger partial charge on any atom is 0.287 e. The van der Waals surface area contributed by atoms with Crippen molar-refractivity contribution < 1.29 is 14.0 Å². The summed E-state index contributed by atoms with van der Waals surface area (Å²) in [6, 6.07) is 11.6. The summed E-state index contributed by atoms with van der Waals surface area (Å²) < 4.78 is 5.76. The van der Waals surface area contributed by atoms with Gasteiger partial charge in [0.1, 0.15) is 5.58 Å². The summed E-state index contributed by atoms with van der Waals surface area (Å²) in [7, 11) is 0. The van der Waals surface area contributed by atoms with Crippen LogP contribution in [0.1, 0.15) is 32.8 Å². The first-order valence-corrected chi connectivity index (χ1v) is 10.4. The summed E-state index contributed by atoms with van der Waals surface area (Å²) in [5, 5.41) is 6.49. The van der Waals surface area contributed by atoms with Gasteiger partial charge in [0, 0.05) is 22.4 Å². The molecular formula is C22H24N2O3S. The summed E-state index contributed by atoms with van der Waals surface area (Å²) in [4.78, 5) is 25.0. The van der Waals surface area contributed by atoms with E-state index in [1.54, 1.807) is 11.8 Å². The third-order valence-electron chi connectivity index (χ3n) is 4.54. The van der Waals surface area contributed by atoms with Gasteiger partial charge < -0.3 is 15.1 Å². The Morgan fingerprint density at radius 1 is 1.07 bits per heavy atom. The molecule has 6 heteroatoms. The minimum Gasteiger partial charge on any atom is -0.451 e. The van der Waals surface area contributed by atoms with Crippen LogP contribution in [0.4, 0.5) is 5.69 Å². The van der Waals surface area contributed by atoms with E-state index in [0.29, 0.717) is 11.3 Å². The van der Waals surface area contributed by atoms with Gasteiger partial charge in [0.2, 0.25) is 5.91 Å². The average molecular weight is 397 g/mol. The van der Waals surface area contributed by atoms with E-state index >= 15 is 0 Å². The highest BCUT2D eigenvalue weighted by molar-refractivity contribution is 7.97. The zero-order valence-corrected chi connectivity index (χ0v) is 17.3. The molecule has 0 aliphatic carbocycles. The van der Waals surface area contributed by atoms with Gasteiger partial charge in [-0.1, -0.05) is 35.9 Å². The Morgan fingerprint density at radius 3 is 2.43 bits per heavy atom. The van der Waals surface area contributed by atoms with Gasteiger partial charge >= 0.3 is 0 Å². The summed E-state index contributed by atoms with van der Waals surface area (Å²) >= 11 is 1.62. The molecule has 0 saturated carbocycles. The number of benzene rings is 2. The molecule has 3 aromatic rings. The lowest BCUT2D eigenvalue weighted by Gasteiger charge is -2.13. The number of nitrogens with one attached hydrogen (secondary N) is 2. The summed E-state index contributed by atoms with van der Waals surface area (Å²) in [6.07, 6.45) is 1.98. The molecule has 0 spiro atoms. The first-order chi connectivity index (χ1) is 13.4. The number of furan rings is 1. The van der Waals surface area contributed by atoms with Crippen molar-refractivity contribution in [3.05, 3.63) is 64.4 Å². The summed E-state index contributed by atoms with van der Waals surface area (Å²) in [6.45, 7) is 5.81. The molecule has 1 heterocycles. The Labute approximate surface area is 168 Å². The molecule has 0 aliphatic heterocycles. The first-order valence-electron chi connectivity index (χ1n) is 9.06. The van der Waals surface area contributed by atoms with Crippen molar-refractivity contribution in [2.24, 2.45) is 0 Å². The number of para-hydroxylation sites is 1. The SMILES string of the molecule is CSCc1c(C(=O)NCC(=O)Nc2c(C)cc(C)cc2C)oc2ccccc12. The average Bonchev–Trinajstić information content (AvgIpc) is 3.02. The second-order valence-corrected chi connectivity index (χ2v) is 7.71. The van der Waals surface area contributed by atoms with Crippen molar-refractivity contribution in [3.8, 4) is 0 Å². The van der Waals surface area contributed by atoms with Crippen molar-refractivity contribution in [2.45, 2.75) is 26.5 Å². The molecule has 2 aromatic carbocycles. The van der Waals surface area contributed by atoms with Gasteiger partial charge in [-0.05, 0) is 44.2 Å². The number of thioether (sulfide) groups is 1. The van der Waals surface area contributed by atoms with Gasteiger partial charge in [-0.3, -0.25) is 9.59 Å². The molecule has 3 rings (SSSR count). The van der Waals surface area contributed by atoms with Crippen LogP contribution in [0.25, 0.3) is 11.0 Å². The number of hydrogen-bond acceptors (Lipinski definition) is 4. The van der Waals surface area contributed by atoms with E-state index in [2.05, 4.69) is 10.6 Å². The number of rotatable bonds is 6. The van der Waals surface area contributed by atoms with Crippen LogP contribution in [-0.4, -0.2) is 24.6 Å². The molecule has 2 amide bonds. The van der Waals surface area contributed by atoms with Gasteiger partial charge in [0.25, 0.3) is 5.91 Å². The second kappa shape index (κ2) is 8.52. The van der Waals surface area contributed by atoms with Crippen LogP contribution in [0.2, 0.25) is 0 Å².